The summed E-state index contributed by atoms with van der Waals surface area (Å²) >= 11 is 0. The molecule has 1 unspecified atom stereocenters. The van der Waals surface area contributed by atoms with Crippen molar-refractivity contribution in [3.63, 3.8) is 0 Å². The van der Waals surface area contributed by atoms with Crippen molar-refractivity contribution in [2.75, 3.05) is 18.8 Å². The number of rotatable bonds is 4. The Labute approximate surface area is 134 Å². The third-order valence-electron chi connectivity index (χ3n) is 3.88. The van der Waals surface area contributed by atoms with Crippen LogP contribution >= 0.6 is 0 Å². The van der Waals surface area contributed by atoms with Gasteiger partial charge in [0, 0.05) is 25.5 Å². The van der Waals surface area contributed by atoms with Crippen molar-refractivity contribution in [1.29, 1.82) is 0 Å². The average molecular weight is 337 g/mol. The molecule has 0 aliphatic carbocycles. The third-order valence-corrected chi connectivity index (χ3v) is 4.81. The SMILES string of the molecule is NS(=O)(=O)CC1CCN(C(=O)NCc2cn3ccccc3n2)C1. The highest BCUT2D eigenvalue weighted by atomic mass is 32.2. The van der Waals surface area contributed by atoms with Crippen molar-refractivity contribution < 1.29 is 13.2 Å². The highest BCUT2D eigenvalue weighted by molar-refractivity contribution is 7.89. The predicted molar refractivity (Wildman–Crippen MR) is 85.1 cm³/mol. The maximum absolute atomic E-state index is 12.1. The van der Waals surface area contributed by atoms with Gasteiger partial charge in [0.25, 0.3) is 0 Å². The van der Waals surface area contributed by atoms with Gasteiger partial charge in [0.05, 0.1) is 18.0 Å². The molecule has 124 valence electrons. The number of hydrogen-bond donors (Lipinski definition) is 2. The van der Waals surface area contributed by atoms with Gasteiger partial charge in [0.1, 0.15) is 5.65 Å². The molecule has 23 heavy (non-hydrogen) atoms. The zero-order valence-corrected chi connectivity index (χ0v) is 13.4. The maximum atomic E-state index is 12.1. The van der Waals surface area contributed by atoms with E-state index in [4.69, 9.17) is 5.14 Å². The van der Waals surface area contributed by atoms with Crippen LogP contribution in [-0.2, 0) is 16.6 Å². The number of pyridine rings is 1. The second-order valence-electron chi connectivity index (χ2n) is 5.79. The molecule has 0 bridgehead atoms. The van der Waals surface area contributed by atoms with Crippen LogP contribution in [0.25, 0.3) is 5.65 Å². The maximum Gasteiger partial charge on any atom is 0.317 e. The van der Waals surface area contributed by atoms with E-state index in [0.717, 1.165) is 11.3 Å². The number of amides is 2. The van der Waals surface area contributed by atoms with E-state index < -0.39 is 10.0 Å². The molecule has 3 rings (SSSR count). The van der Waals surface area contributed by atoms with Crippen molar-refractivity contribution in [3.8, 4) is 0 Å². The first-order valence-corrected chi connectivity index (χ1v) is 9.08. The molecule has 1 aliphatic heterocycles. The van der Waals surface area contributed by atoms with Crippen LogP contribution in [0.15, 0.2) is 30.6 Å². The lowest BCUT2D eigenvalue weighted by Crippen LogP contribution is -2.38. The zero-order chi connectivity index (χ0) is 16.4. The molecule has 0 spiro atoms. The summed E-state index contributed by atoms with van der Waals surface area (Å²) in [5.41, 5.74) is 1.59. The molecule has 0 aromatic carbocycles. The van der Waals surface area contributed by atoms with Gasteiger partial charge in [0.15, 0.2) is 0 Å². The fourth-order valence-electron chi connectivity index (χ4n) is 2.83. The smallest absolute Gasteiger partial charge is 0.317 e. The minimum atomic E-state index is -3.50. The Kier molecular flexibility index (Phi) is 4.22. The first-order valence-electron chi connectivity index (χ1n) is 7.36. The van der Waals surface area contributed by atoms with Crippen LogP contribution in [0.4, 0.5) is 4.79 Å². The summed E-state index contributed by atoms with van der Waals surface area (Å²) in [4.78, 5) is 18.2. The number of imidazole rings is 1. The minimum absolute atomic E-state index is 0.0801. The standard InChI is InChI=1S/C14H19N5O3S/c15-23(21,22)10-11-4-6-19(8-11)14(20)16-7-12-9-18-5-2-1-3-13(18)17-12/h1-3,5,9,11H,4,6-8,10H2,(H,16,20)(H2,15,21,22). The second kappa shape index (κ2) is 6.17. The molecule has 2 amide bonds. The largest absolute Gasteiger partial charge is 0.332 e. The molecule has 1 atom stereocenters. The number of fused-ring (bicyclic) bond motifs is 1. The quantitative estimate of drug-likeness (QED) is 0.827. The number of primary sulfonamides is 1. The number of nitrogens with one attached hydrogen (secondary N) is 1. The molecule has 9 heteroatoms. The van der Waals surface area contributed by atoms with Crippen molar-refractivity contribution in [2.45, 2.75) is 13.0 Å². The van der Waals surface area contributed by atoms with E-state index in [2.05, 4.69) is 10.3 Å². The second-order valence-corrected chi connectivity index (χ2v) is 7.45. The van der Waals surface area contributed by atoms with E-state index in [1.54, 1.807) is 4.90 Å². The highest BCUT2D eigenvalue weighted by Crippen LogP contribution is 2.17. The molecule has 8 nitrogen and oxygen atoms in total. The number of urea groups is 1. The van der Waals surface area contributed by atoms with Gasteiger partial charge in [0.2, 0.25) is 10.0 Å². The summed E-state index contributed by atoms with van der Waals surface area (Å²) in [5, 5.41) is 7.87. The summed E-state index contributed by atoms with van der Waals surface area (Å²) in [5.74, 6) is -0.172. The van der Waals surface area contributed by atoms with Crippen LogP contribution in [0.2, 0.25) is 0 Å². The summed E-state index contributed by atoms with van der Waals surface area (Å²) < 4.78 is 24.1. The van der Waals surface area contributed by atoms with Gasteiger partial charge >= 0.3 is 6.03 Å². The highest BCUT2D eigenvalue weighted by Gasteiger charge is 2.28. The Bertz CT molecular complexity index is 784. The topological polar surface area (TPSA) is 110 Å². The van der Waals surface area contributed by atoms with Crippen LogP contribution in [0.5, 0.6) is 0 Å². The van der Waals surface area contributed by atoms with Crippen LogP contribution in [0, 0.1) is 5.92 Å². The lowest BCUT2D eigenvalue weighted by atomic mass is 10.2. The Morgan fingerprint density at radius 3 is 3.00 bits per heavy atom. The summed E-state index contributed by atoms with van der Waals surface area (Å²) in [6.45, 7) is 1.28. The number of likely N-dealkylation sites (tertiary alicyclic amines) is 1. The first kappa shape index (κ1) is 15.8. The normalized spacial score (nSPS) is 18.5. The van der Waals surface area contributed by atoms with Crippen LogP contribution in [0.1, 0.15) is 12.1 Å². The fourth-order valence-corrected chi connectivity index (χ4v) is 3.76. The zero-order valence-electron chi connectivity index (χ0n) is 12.6. The van der Waals surface area contributed by atoms with Crippen LogP contribution in [0.3, 0.4) is 0 Å². The van der Waals surface area contributed by atoms with Gasteiger partial charge < -0.3 is 14.6 Å². The molecule has 3 heterocycles. The van der Waals surface area contributed by atoms with Gasteiger partial charge in [-0.25, -0.2) is 23.3 Å². The van der Waals surface area contributed by atoms with E-state index in [0.29, 0.717) is 26.1 Å². The molecule has 1 aliphatic rings. The summed E-state index contributed by atoms with van der Waals surface area (Å²) in [7, 11) is -3.50. The minimum Gasteiger partial charge on any atom is -0.332 e. The molecule has 3 N–H and O–H groups in total. The van der Waals surface area contributed by atoms with Crippen molar-refractivity contribution >= 4 is 21.7 Å². The Balaban J connectivity index is 1.53. The lowest BCUT2D eigenvalue weighted by molar-refractivity contribution is 0.207. The van der Waals surface area contributed by atoms with Crippen molar-refractivity contribution in [3.05, 3.63) is 36.3 Å². The van der Waals surface area contributed by atoms with Gasteiger partial charge in [-0.2, -0.15) is 0 Å². The molecule has 2 aromatic heterocycles. The lowest BCUT2D eigenvalue weighted by Gasteiger charge is -2.16. The molecular weight excluding hydrogens is 318 g/mol. The van der Waals surface area contributed by atoms with Crippen molar-refractivity contribution in [2.24, 2.45) is 11.1 Å². The number of hydrogen-bond acceptors (Lipinski definition) is 4. The number of nitrogens with two attached hydrogens (primary N) is 1. The summed E-state index contributed by atoms with van der Waals surface area (Å²) in [6.07, 6.45) is 4.41. The van der Waals surface area contributed by atoms with Gasteiger partial charge in [-0.1, -0.05) is 6.07 Å². The predicted octanol–water partition coefficient (Wildman–Crippen LogP) is 0.154. The Morgan fingerprint density at radius 1 is 1.43 bits per heavy atom. The fraction of sp³-hybridized carbons (Fsp3) is 0.429. The summed E-state index contributed by atoms with van der Waals surface area (Å²) in [6, 6.07) is 5.50. The van der Waals surface area contributed by atoms with Gasteiger partial charge in [-0.05, 0) is 24.5 Å². The van der Waals surface area contributed by atoms with E-state index >= 15 is 0 Å². The van der Waals surface area contributed by atoms with Crippen molar-refractivity contribution in [1.82, 2.24) is 19.6 Å². The van der Waals surface area contributed by atoms with Gasteiger partial charge in [-0.15, -0.1) is 0 Å². The van der Waals surface area contributed by atoms with Crippen LogP contribution in [-0.4, -0.2) is 47.6 Å². The average Bonchev–Trinajstić information content (AvgIpc) is 3.09. The Morgan fingerprint density at radius 2 is 2.26 bits per heavy atom. The number of sulfonamides is 1. The molecule has 0 saturated carbocycles. The molecule has 0 radical (unpaired) electrons. The third kappa shape index (κ3) is 3.99. The molecule has 1 fully saturated rings. The van der Waals surface area contributed by atoms with E-state index in [-0.39, 0.29) is 17.7 Å². The Hall–Kier alpha value is -2.13. The number of aromatic nitrogens is 2. The van der Waals surface area contributed by atoms with Crippen LogP contribution < -0.4 is 10.5 Å². The van der Waals surface area contributed by atoms with E-state index in [9.17, 15) is 13.2 Å². The number of carbonyl (C=O) groups excluding carboxylic acids is 1. The van der Waals surface area contributed by atoms with E-state index in [1.807, 2.05) is 35.0 Å². The molecular formula is C14H19N5O3S. The number of carbonyl (C=O) groups is 1. The monoisotopic (exact) mass is 337 g/mol. The van der Waals surface area contributed by atoms with E-state index in [1.165, 1.54) is 0 Å². The molecule has 1 saturated heterocycles. The molecule has 2 aromatic rings. The van der Waals surface area contributed by atoms with Gasteiger partial charge in [-0.3, -0.25) is 0 Å². The number of nitrogens with zero attached hydrogens (tertiary/aromatic N) is 3. The first-order chi connectivity index (χ1) is 10.9.